The van der Waals surface area contributed by atoms with Crippen LogP contribution in [0.1, 0.15) is 24.8 Å². The Balaban J connectivity index is 2.19. The SMILES string of the molecule is O=S(=O)(CCCCCl)N1CCCc2ccccc21. The van der Waals surface area contributed by atoms with E-state index in [1.54, 1.807) is 4.31 Å². The number of halogens is 1. The summed E-state index contributed by atoms with van der Waals surface area (Å²) in [5.41, 5.74) is 1.99. The van der Waals surface area contributed by atoms with Gasteiger partial charge in [0.1, 0.15) is 0 Å². The summed E-state index contributed by atoms with van der Waals surface area (Å²) in [5, 5.41) is 0. The summed E-state index contributed by atoms with van der Waals surface area (Å²) in [4.78, 5) is 0. The molecule has 1 aliphatic heterocycles. The number of nitrogens with zero attached hydrogens (tertiary/aromatic N) is 1. The fourth-order valence-electron chi connectivity index (χ4n) is 2.28. The Morgan fingerprint density at radius 3 is 2.78 bits per heavy atom. The predicted octanol–water partition coefficient (Wildman–Crippen LogP) is 2.79. The van der Waals surface area contributed by atoms with Gasteiger partial charge in [-0.15, -0.1) is 11.6 Å². The van der Waals surface area contributed by atoms with Crippen molar-refractivity contribution in [2.24, 2.45) is 0 Å². The van der Waals surface area contributed by atoms with Crippen molar-refractivity contribution in [2.45, 2.75) is 25.7 Å². The lowest BCUT2D eigenvalue weighted by Gasteiger charge is -2.30. The minimum atomic E-state index is -3.19. The maximum atomic E-state index is 12.3. The Bertz CT molecular complexity index is 501. The molecule has 0 N–H and O–H groups in total. The Morgan fingerprint density at radius 2 is 2.00 bits per heavy atom. The topological polar surface area (TPSA) is 37.4 Å². The lowest BCUT2D eigenvalue weighted by atomic mass is 10.0. The molecule has 0 spiro atoms. The van der Waals surface area contributed by atoms with Gasteiger partial charge in [0.25, 0.3) is 0 Å². The number of benzene rings is 1. The highest BCUT2D eigenvalue weighted by atomic mass is 35.5. The number of para-hydroxylation sites is 1. The van der Waals surface area contributed by atoms with E-state index in [0.717, 1.165) is 30.5 Å². The molecular weight excluding hydrogens is 270 g/mol. The number of rotatable bonds is 5. The van der Waals surface area contributed by atoms with Crippen LogP contribution < -0.4 is 4.31 Å². The van der Waals surface area contributed by atoms with E-state index in [1.165, 1.54) is 0 Å². The van der Waals surface area contributed by atoms with Crippen LogP contribution in [-0.4, -0.2) is 26.6 Å². The van der Waals surface area contributed by atoms with Crippen LogP contribution >= 0.6 is 11.6 Å². The molecule has 5 heteroatoms. The molecule has 1 aromatic carbocycles. The molecule has 0 atom stereocenters. The Labute approximate surface area is 114 Å². The number of anilines is 1. The summed E-state index contributed by atoms with van der Waals surface area (Å²) in [7, 11) is -3.19. The van der Waals surface area contributed by atoms with Gasteiger partial charge in [0.05, 0.1) is 11.4 Å². The fraction of sp³-hybridized carbons (Fsp3) is 0.538. The van der Waals surface area contributed by atoms with E-state index in [2.05, 4.69) is 0 Å². The average molecular weight is 288 g/mol. The smallest absolute Gasteiger partial charge is 0.235 e. The highest BCUT2D eigenvalue weighted by Gasteiger charge is 2.26. The van der Waals surface area contributed by atoms with Crippen molar-refractivity contribution in [3.63, 3.8) is 0 Å². The zero-order valence-corrected chi connectivity index (χ0v) is 11.9. The molecule has 18 heavy (non-hydrogen) atoms. The summed E-state index contributed by atoms with van der Waals surface area (Å²) < 4.78 is 26.2. The van der Waals surface area contributed by atoms with Crippen molar-refractivity contribution in [2.75, 3.05) is 22.5 Å². The molecule has 3 nitrogen and oxygen atoms in total. The van der Waals surface area contributed by atoms with E-state index >= 15 is 0 Å². The standard InChI is InChI=1S/C13H18ClNO2S/c14-9-3-4-11-18(16,17)15-10-5-7-12-6-1-2-8-13(12)15/h1-2,6,8H,3-5,7,9-11H2. The summed E-state index contributed by atoms with van der Waals surface area (Å²) >= 11 is 5.59. The Kier molecular flexibility index (Phi) is 4.51. The van der Waals surface area contributed by atoms with Gasteiger partial charge < -0.3 is 0 Å². The molecule has 0 aromatic heterocycles. The van der Waals surface area contributed by atoms with Crippen molar-refractivity contribution in [1.82, 2.24) is 0 Å². The normalized spacial score (nSPS) is 15.5. The van der Waals surface area contributed by atoms with Crippen molar-refractivity contribution in [1.29, 1.82) is 0 Å². The van der Waals surface area contributed by atoms with E-state index in [4.69, 9.17) is 11.6 Å². The molecule has 0 amide bonds. The molecule has 1 heterocycles. The summed E-state index contributed by atoms with van der Waals surface area (Å²) in [6.07, 6.45) is 3.23. The summed E-state index contributed by atoms with van der Waals surface area (Å²) in [6, 6.07) is 7.76. The molecule has 1 aromatic rings. The van der Waals surface area contributed by atoms with Gasteiger partial charge in [0.15, 0.2) is 0 Å². The average Bonchev–Trinajstić information content (AvgIpc) is 2.38. The molecular formula is C13H18ClNO2S. The van der Waals surface area contributed by atoms with Crippen molar-refractivity contribution in [3.8, 4) is 0 Å². The van der Waals surface area contributed by atoms with E-state index in [1.807, 2.05) is 24.3 Å². The molecule has 0 aliphatic carbocycles. The third kappa shape index (κ3) is 2.98. The highest BCUT2D eigenvalue weighted by molar-refractivity contribution is 7.92. The first kappa shape index (κ1) is 13.7. The van der Waals surface area contributed by atoms with Crippen LogP contribution in [0, 0.1) is 0 Å². The van der Waals surface area contributed by atoms with Crippen LogP contribution in [0.5, 0.6) is 0 Å². The minimum Gasteiger partial charge on any atom is -0.270 e. The van der Waals surface area contributed by atoms with Crippen molar-refractivity contribution >= 4 is 27.3 Å². The second-order valence-corrected chi connectivity index (χ2v) is 6.91. The number of fused-ring (bicyclic) bond motifs is 1. The number of alkyl halides is 1. The lowest BCUT2D eigenvalue weighted by molar-refractivity contribution is 0.583. The number of hydrogen-bond acceptors (Lipinski definition) is 2. The monoisotopic (exact) mass is 287 g/mol. The van der Waals surface area contributed by atoms with Gasteiger partial charge in [-0.25, -0.2) is 8.42 Å². The van der Waals surface area contributed by atoms with Gasteiger partial charge in [-0.3, -0.25) is 4.31 Å². The van der Waals surface area contributed by atoms with E-state index in [-0.39, 0.29) is 5.75 Å². The molecule has 0 saturated heterocycles. The van der Waals surface area contributed by atoms with Crippen LogP contribution in [0.2, 0.25) is 0 Å². The number of sulfonamides is 1. The molecule has 1 aliphatic rings. The molecule has 0 bridgehead atoms. The zero-order chi connectivity index (χ0) is 13.0. The van der Waals surface area contributed by atoms with Crippen LogP contribution in [0.4, 0.5) is 5.69 Å². The largest absolute Gasteiger partial charge is 0.270 e. The first-order chi connectivity index (χ1) is 8.65. The second-order valence-electron chi connectivity index (χ2n) is 4.52. The molecule has 0 radical (unpaired) electrons. The van der Waals surface area contributed by atoms with Gasteiger partial charge in [-0.1, -0.05) is 18.2 Å². The van der Waals surface area contributed by atoms with Crippen LogP contribution in [0.15, 0.2) is 24.3 Å². The predicted molar refractivity (Wildman–Crippen MR) is 75.8 cm³/mol. The maximum Gasteiger partial charge on any atom is 0.235 e. The van der Waals surface area contributed by atoms with Gasteiger partial charge >= 0.3 is 0 Å². The Hall–Kier alpha value is -0.740. The minimum absolute atomic E-state index is 0.189. The third-order valence-electron chi connectivity index (χ3n) is 3.19. The van der Waals surface area contributed by atoms with Crippen molar-refractivity contribution in [3.05, 3.63) is 29.8 Å². The quantitative estimate of drug-likeness (QED) is 0.617. The zero-order valence-electron chi connectivity index (χ0n) is 10.3. The van der Waals surface area contributed by atoms with E-state index in [9.17, 15) is 8.42 Å². The van der Waals surface area contributed by atoms with Gasteiger partial charge in [0, 0.05) is 12.4 Å². The molecule has 100 valence electrons. The van der Waals surface area contributed by atoms with Gasteiger partial charge in [0.2, 0.25) is 10.0 Å². The van der Waals surface area contributed by atoms with Gasteiger partial charge in [-0.05, 0) is 37.3 Å². The molecule has 0 unspecified atom stereocenters. The second kappa shape index (κ2) is 5.93. The number of unbranched alkanes of at least 4 members (excludes halogenated alkanes) is 1. The van der Waals surface area contributed by atoms with Crippen LogP contribution in [-0.2, 0) is 16.4 Å². The summed E-state index contributed by atoms with van der Waals surface area (Å²) in [5.74, 6) is 0.708. The molecule has 0 saturated carbocycles. The number of hydrogen-bond donors (Lipinski definition) is 0. The third-order valence-corrected chi connectivity index (χ3v) is 5.31. The first-order valence-electron chi connectivity index (χ1n) is 6.29. The maximum absolute atomic E-state index is 12.3. The summed E-state index contributed by atoms with van der Waals surface area (Å²) in [6.45, 7) is 0.597. The molecule has 0 fully saturated rings. The first-order valence-corrected chi connectivity index (χ1v) is 8.44. The van der Waals surface area contributed by atoms with Gasteiger partial charge in [-0.2, -0.15) is 0 Å². The van der Waals surface area contributed by atoms with E-state index < -0.39 is 10.0 Å². The highest BCUT2D eigenvalue weighted by Crippen LogP contribution is 2.29. The van der Waals surface area contributed by atoms with Crippen molar-refractivity contribution < 1.29 is 8.42 Å². The lowest BCUT2D eigenvalue weighted by Crippen LogP contribution is -2.37. The van der Waals surface area contributed by atoms with E-state index in [0.29, 0.717) is 18.8 Å². The fourth-order valence-corrected chi connectivity index (χ4v) is 4.14. The Morgan fingerprint density at radius 1 is 1.22 bits per heavy atom. The van der Waals surface area contributed by atoms with Crippen LogP contribution in [0.3, 0.4) is 0 Å². The van der Waals surface area contributed by atoms with Crippen LogP contribution in [0.25, 0.3) is 0 Å². The molecule has 2 rings (SSSR count). The number of aryl methyl sites for hydroxylation is 1.